The van der Waals surface area contributed by atoms with Crippen LogP contribution in [0.5, 0.6) is 17.2 Å². The van der Waals surface area contributed by atoms with Crippen LogP contribution in [-0.4, -0.2) is 35.1 Å². The number of aliphatic hydroxyl groups excluding tert-OH is 1. The molecular formula is C10H16ClNO4. The van der Waals surface area contributed by atoms with Gasteiger partial charge in [-0.1, -0.05) is 0 Å². The third-order valence-corrected chi connectivity index (χ3v) is 2.07. The van der Waals surface area contributed by atoms with Crippen molar-refractivity contribution in [1.82, 2.24) is 0 Å². The Kier molecular flexibility index (Phi) is 5.95. The molecule has 0 spiro atoms. The normalized spacial score (nSPS) is 11.7. The maximum Gasteiger partial charge on any atom is 0.200 e. The van der Waals surface area contributed by atoms with Gasteiger partial charge in [0.15, 0.2) is 11.5 Å². The first-order valence-corrected chi connectivity index (χ1v) is 4.53. The number of halogens is 1. The number of aliphatic hydroxyl groups is 1. The minimum atomic E-state index is -0.390. The van der Waals surface area contributed by atoms with E-state index in [0.717, 1.165) is 0 Å². The molecular weight excluding hydrogens is 234 g/mol. The molecule has 16 heavy (non-hydrogen) atoms. The zero-order valence-electron chi connectivity index (χ0n) is 8.88. The van der Waals surface area contributed by atoms with Gasteiger partial charge < -0.3 is 25.8 Å². The topological polar surface area (TPSA) is 95.9 Å². The zero-order chi connectivity index (χ0) is 11.4. The predicted molar refractivity (Wildman–Crippen MR) is 62.3 cm³/mol. The average molecular weight is 250 g/mol. The fraction of sp³-hybridized carbons (Fsp3) is 0.400. The average Bonchev–Trinajstić information content (AvgIpc) is 2.22. The predicted octanol–water partition coefficient (Wildman–Crippen LogP) is 0.390. The number of methoxy groups -OCH3 is 1. The Labute approximate surface area is 99.9 Å². The van der Waals surface area contributed by atoms with E-state index in [1.165, 1.54) is 13.2 Å². The van der Waals surface area contributed by atoms with E-state index < -0.39 is 6.04 Å². The van der Waals surface area contributed by atoms with Crippen molar-refractivity contribution in [2.75, 3.05) is 13.7 Å². The molecule has 0 aliphatic heterocycles. The van der Waals surface area contributed by atoms with Crippen LogP contribution in [0.3, 0.4) is 0 Å². The van der Waals surface area contributed by atoms with Gasteiger partial charge in [0.2, 0.25) is 5.75 Å². The van der Waals surface area contributed by atoms with E-state index >= 15 is 0 Å². The lowest BCUT2D eigenvalue weighted by atomic mass is 10.1. The maximum absolute atomic E-state index is 9.36. The first kappa shape index (κ1) is 14.8. The van der Waals surface area contributed by atoms with Crippen LogP contribution < -0.4 is 10.5 Å². The summed E-state index contributed by atoms with van der Waals surface area (Å²) in [6, 6.07) is 2.58. The van der Waals surface area contributed by atoms with E-state index in [2.05, 4.69) is 0 Å². The summed E-state index contributed by atoms with van der Waals surface area (Å²) < 4.78 is 4.87. The molecule has 0 saturated carbocycles. The molecule has 0 radical (unpaired) electrons. The standard InChI is InChI=1S/C10H15NO4.ClH/c1-15-9-4-6(2-7(11)5-12)3-8(13)10(9)14;/h3-4,7,12-14H,2,5,11H2,1H3;1H. The second-order valence-electron chi connectivity index (χ2n) is 3.31. The molecule has 0 aliphatic rings. The van der Waals surface area contributed by atoms with Crippen LogP contribution in [0.25, 0.3) is 0 Å². The van der Waals surface area contributed by atoms with Gasteiger partial charge in [0.05, 0.1) is 13.7 Å². The van der Waals surface area contributed by atoms with Gasteiger partial charge in [-0.25, -0.2) is 0 Å². The second kappa shape index (κ2) is 6.42. The van der Waals surface area contributed by atoms with E-state index in [1.807, 2.05) is 0 Å². The number of phenolic OH excluding ortho intramolecular Hbond substituents is 2. The Morgan fingerprint density at radius 1 is 1.38 bits per heavy atom. The maximum atomic E-state index is 9.36. The van der Waals surface area contributed by atoms with Gasteiger partial charge in [0.25, 0.3) is 0 Å². The van der Waals surface area contributed by atoms with Crippen LogP contribution in [0.1, 0.15) is 5.56 Å². The van der Waals surface area contributed by atoms with E-state index in [-0.39, 0.29) is 36.3 Å². The summed E-state index contributed by atoms with van der Waals surface area (Å²) in [5.74, 6) is -0.358. The zero-order valence-corrected chi connectivity index (χ0v) is 9.70. The Balaban J connectivity index is 0.00000225. The molecule has 5 nitrogen and oxygen atoms in total. The summed E-state index contributed by atoms with van der Waals surface area (Å²) in [7, 11) is 1.39. The number of hydrogen-bond acceptors (Lipinski definition) is 5. The van der Waals surface area contributed by atoms with Gasteiger partial charge in [0, 0.05) is 6.04 Å². The van der Waals surface area contributed by atoms with Crippen molar-refractivity contribution < 1.29 is 20.1 Å². The van der Waals surface area contributed by atoms with Gasteiger partial charge in [-0.3, -0.25) is 0 Å². The van der Waals surface area contributed by atoms with Crippen LogP contribution in [0.2, 0.25) is 0 Å². The third kappa shape index (κ3) is 3.44. The molecule has 1 aromatic rings. The number of rotatable bonds is 4. The van der Waals surface area contributed by atoms with Gasteiger partial charge in [-0.15, -0.1) is 12.4 Å². The molecule has 5 N–H and O–H groups in total. The summed E-state index contributed by atoms with van der Waals surface area (Å²) >= 11 is 0. The molecule has 92 valence electrons. The minimum absolute atomic E-state index is 0. The van der Waals surface area contributed by atoms with Crippen molar-refractivity contribution >= 4 is 12.4 Å². The number of phenols is 2. The SMILES string of the molecule is COc1cc(CC(N)CO)cc(O)c1O.Cl. The molecule has 1 aromatic carbocycles. The highest BCUT2D eigenvalue weighted by Gasteiger charge is 2.11. The van der Waals surface area contributed by atoms with Crippen LogP contribution in [-0.2, 0) is 6.42 Å². The number of aromatic hydroxyl groups is 2. The Morgan fingerprint density at radius 3 is 2.50 bits per heavy atom. The van der Waals surface area contributed by atoms with Crippen LogP contribution in [0, 0.1) is 0 Å². The Bertz CT molecular complexity index is 346. The third-order valence-electron chi connectivity index (χ3n) is 2.07. The lowest BCUT2D eigenvalue weighted by Crippen LogP contribution is -2.26. The van der Waals surface area contributed by atoms with Crippen molar-refractivity contribution in [3.05, 3.63) is 17.7 Å². The van der Waals surface area contributed by atoms with Crippen molar-refractivity contribution in [2.45, 2.75) is 12.5 Å². The van der Waals surface area contributed by atoms with Crippen LogP contribution >= 0.6 is 12.4 Å². The molecule has 0 bridgehead atoms. The molecule has 1 rings (SSSR count). The highest BCUT2D eigenvalue weighted by molar-refractivity contribution is 5.85. The van der Waals surface area contributed by atoms with Crippen molar-refractivity contribution in [1.29, 1.82) is 0 Å². The van der Waals surface area contributed by atoms with Crippen molar-refractivity contribution in [2.24, 2.45) is 5.73 Å². The summed E-state index contributed by atoms with van der Waals surface area (Å²) in [4.78, 5) is 0. The Morgan fingerprint density at radius 2 is 2.00 bits per heavy atom. The number of benzene rings is 1. The summed E-state index contributed by atoms with van der Waals surface area (Å²) in [6.07, 6.45) is 0.403. The second-order valence-corrected chi connectivity index (χ2v) is 3.31. The fourth-order valence-electron chi connectivity index (χ4n) is 1.29. The quantitative estimate of drug-likeness (QED) is 0.579. The van der Waals surface area contributed by atoms with Crippen LogP contribution in [0.4, 0.5) is 0 Å². The minimum Gasteiger partial charge on any atom is -0.504 e. The molecule has 6 heteroatoms. The number of nitrogens with two attached hydrogens (primary N) is 1. The van der Waals surface area contributed by atoms with E-state index in [9.17, 15) is 10.2 Å². The van der Waals surface area contributed by atoms with E-state index in [1.54, 1.807) is 6.07 Å². The first-order chi connectivity index (χ1) is 7.08. The van der Waals surface area contributed by atoms with E-state index in [0.29, 0.717) is 12.0 Å². The summed E-state index contributed by atoms with van der Waals surface area (Å²) in [5.41, 5.74) is 6.25. The summed E-state index contributed by atoms with van der Waals surface area (Å²) in [6.45, 7) is -0.135. The number of hydrogen-bond donors (Lipinski definition) is 4. The molecule has 0 amide bonds. The van der Waals surface area contributed by atoms with Crippen molar-refractivity contribution in [3.63, 3.8) is 0 Å². The fourth-order valence-corrected chi connectivity index (χ4v) is 1.29. The first-order valence-electron chi connectivity index (χ1n) is 4.53. The van der Waals surface area contributed by atoms with Crippen LogP contribution in [0.15, 0.2) is 12.1 Å². The Hall–Kier alpha value is -1.17. The molecule has 0 saturated heterocycles. The molecule has 1 atom stereocenters. The number of ether oxygens (including phenoxy) is 1. The lowest BCUT2D eigenvalue weighted by Gasteiger charge is -2.11. The van der Waals surface area contributed by atoms with Crippen molar-refractivity contribution in [3.8, 4) is 17.2 Å². The van der Waals surface area contributed by atoms with Gasteiger partial charge in [-0.05, 0) is 24.1 Å². The molecule has 0 aromatic heterocycles. The monoisotopic (exact) mass is 249 g/mol. The molecule has 0 aliphatic carbocycles. The van der Waals surface area contributed by atoms with Gasteiger partial charge in [-0.2, -0.15) is 0 Å². The highest BCUT2D eigenvalue weighted by Crippen LogP contribution is 2.36. The molecule has 0 fully saturated rings. The van der Waals surface area contributed by atoms with E-state index in [4.69, 9.17) is 15.6 Å². The smallest absolute Gasteiger partial charge is 0.200 e. The van der Waals surface area contributed by atoms with Gasteiger partial charge in [0.1, 0.15) is 0 Å². The molecule has 1 unspecified atom stereocenters. The van der Waals surface area contributed by atoms with Gasteiger partial charge >= 0.3 is 0 Å². The highest BCUT2D eigenvalue weighted by atomic mass is 35.5. The summed E-state index contributed by atoms with van der Waals surface area (Å²) in [5, 5.41) is 27.5. The largest absolute Gasteiger partial charge is 0.504 e. The lowest BCUT2D eigenvalue weighted by molar-refractivity contribution is 0.265. The molecule has 0 heterocycles.